The average Bonchev–Trinajstić information content (AvgIpc) is 2.04. The number of carbonyl (C=O) groups excluding carboxylic acids is 1. The van der Waals surface area contributed by atoms with Crippen LogP contribution in [0.3, 0.4) is 0 Å². The molecule has 1 rings (SSSR count). The van der Waals surface area contributed by atoms with Gasteiger partial charge >= 0.3 is 0 Å². The first-order valence-electron chi connectivity index (χ1n) is 3.22. The first-order valence-corrected chi connectivity index (χ1v) is 3.60. The predicted molar refractivity (Wildman–Crippen MR) is 44.0 cm³/mol. The maximum Gasteiger partial charge on any atom is 0.161 e. The van der Waals surface area contributed by atoms with Crippen molar-refractivity contribution in [2.45, 2.75) is 6.92 Å². The summed E-state index contributed by atoms with van der Waals surface area (Å²) in [7, 11) is 0. The Labute approximate surface area is 74.6 Å². The Hall–Kier alpha value is -1.40. The van der Waals surface area contributed by atoms with Gasteiger partial charge in [-0.1, -0.05) is 11.6 Å². The topological polar surface area (TPSA) is 53.8 Å². The van der Waals surface area contributed by atoms with Crippen LogP contribution in [0.2, 0.25) is 5.02 Å². The molecule has 0 aliphatic rings. The highest BCUT2D eigenvalue weighted by Crippen LogP contribution is 2.18. The molecule has 0 amide bonds. The Morgan fingerprint density at radius 2 is 2.42 bits per heavy atom. The van der Waals surface area contributed by atoms with E-state index in [1.807, 2.05) is 0 Å². The van der Waals surface area contributed by atoms with Crippen molar-refractivity contribution >= 4 is 17.4 Å². The molecule has 0 atom stereocenters. The van der Waals surface area contributed by atoms with Crippen molar-refractivity contribution in [2.24, 2.45) is 0 Å². The summed E-state index contributed by atoms with van der Waals surface area (Å²) in [5, 5.41) is 8.65. The molecule has 0 spiro atoms. The Bertz CT molecular complexity index is 368. The first-order chi connectivity index (χ1) is 5.66. The zero-order valence-electron chi connectivity index (χ0n) is 6.34. The number of Topliss-reactive ketones (excluding diaryl/α,β-unsaturated/α-hetero) is 1. The van der Waals surface area contributed by atoms with Gasteiger partial charge in [0.1, 0.15) is 6.07 Å². The summed E-state index contributed by atoms with van der Waals surface area (Å²) in [6, 6.07) is 3.29. The summed E-state index contributed by atoms with van der Waals surface area (Å²) in [5.41, 5.74) is 0.424. The average molecular weight is 181 g/mol. The number of rotatable bonds is 1. The monoisotopic (exact) mass is 180 g/mol. The fraction of sp³-hybridized carbons (Fsp3) is 0.125. The van der Waals surface area contributed by atoms with Crippen molar-refractivity contribution in [1.82, 2.24) is 4.98 Å². The molecule has 0 bridgehead atoms. The molecular formula is C8H5ClN2O. The second-order valence-electron chi connectivity index (χ2n) is 2.19. The van der Waals surface area contributed by atoms with Gasteiger partial charge in [-0.2, -0.15) is 5.26 Å². The highest BCUT2D eigenvalue weighted by Gasteiger charge is 2.09. The van der Waals surface area contributed by atoms with Gasteiger partial charge in [-0.05, 0) is 13.0 Å². The lowest BCUT2D eigenvalue weighted by molar-refractivity contribution is 0.101. The molecular weight excluding hydrogens is 176 g/mol. The van der Waals surface area contributed by atoms with Gasteiger partial charge in [0.2, 0.25) is 0 Å². The number of pyridine rings is 1. The fourth-order valence-corrected chi connectivity index (χ4v) is 1.08. The Balaban J connectivity index is 3.35. The van der Waals surface area contributed by atoms with E-state index in [9.17, 15) is 4.79 Å². The van der Waals surface area contributed by atoms with Gasteiger partial charge in [0.05, 0.1) is 5.02 Å². The molecule has 0 radical (unpaired) electrons. The number of halogens is 1. The predicted octanol–water partition coefficient (Wildman–Crippen LogP) is 1.81. The minimum atomic E-state index is -0.168. The van der Waals surface area contributed by atoms with Gasteiger partial charge in [0.25, 0.3) is 0 Å². The van der Waals surface area contributed by atoms with Gasteiger partial charge in [0.15, 0.2) is 11.5 Å². The van der Waals surface area contributed by atoms with Crippen LogP contribution in [-0.2, 0) is 0 Å². The molecule has 0 aliphatic carbocycles. The zero-order valence-corrected chi connectivity index (χ0v) is 7.09. The van der Waals surface area contributed by atoms with E-state index in [-0.39, 0.29) is 16.5 Å². The summed E-state index contributed by atoms with van der Waals surface area (Å²) < 4.78 is 0. The van der Waals surface area contributed by atoms with Crippen molar-refractivity contribution < 1.29 is 4.79 Å². The third kappa shape index (κ3) is 1.44. The Morgan fingerprint density at radius 1 is 1.75 bits per heavy atom. The SMILES string of the molecule is CC(=O)c1ccnc(C#N)c1Cl. The van der Waals surface area contributed by atoms with E-state index in [0.29, 0.717) is 5.56 Å². The summed E-state index contributed by atoms with van der Waals surface area (Å²) in [4.78, 5) is 14.6. The standard InChI is InChI=1S/C8H5ClN2O/c1-5(12)6-2-3-11-7(4-10)8(6)9/h2-3H,1H3. The number of carbonyl (C=O) groups is 1. The van der Waals surface area contributed by atoms with Gasteiger partial charge < -0.3 is 0 Å². The number of aromatic nitrogens is 1. The lowest BCUT2D eigenvalue weighted by atomic mass is 10.2. The maximum atomic E-state index is 10.9. The molecule has 1 aromatic rings. The van der Waals surface area contributed by atoms with Crippen molar-refractivity contribution in [2.75, 3.05) is 0 Å². The van der Waals surface area contributed by atoms with Gasteiger partial charge in [-0.25, -0.2) is 4.98 Å². The molecule has 0 fully saturated rings. The van der Waals surface area contributed by atoms with Crippen LogP contribution in [0.4, 0.5) is 0 Å². The van der Waals surface area contributed by atoms with Crippen LogP contribution in [0.5, 0.6) is 0 Å². The van der Waals surface area contributed by atoms with E-state index >= 15 is 0 Å². The number of nitriles is 1. The minimum absolute atomic E-state index is 0.0874. The lowest BCUT2D eigenvalue weighted by Crippen LogP contribution is -1.96. The van der Waals surface area contributed by atoms with Crippen molar-refractivity contribution in [3.05, 3.63) is 28.5 Å². The summed E-state index contributed by atoms with van der Waals surface area (Å²) in [6.45, 7) is 1.39. The fourth-order valence-electron chi connectivity index (χ4n) is 0.794. The molecule has 1 aromatic heterocycles. The molecule has 0 saturated carbocycles. The first kappa shape index (κ1) is 8.69. The molecule has 4 heteroatoms. The molecule has 0 saturated heterocycles. The van der Waals surface area contributed by atoms with Crippen LogP contribution in [0.15, 0.2) is 12.3 Å². The van der Waals surface area contributed by atoms with E-state index in [0.717, 1.165) is 0 Å². The van der Waals surface area contributed by atoms with Crippen LogP contribution in [0, 0.1) is 11.3 Å². The van der Waals surface area contributed by atoms with Crippen LogP contribution < -0.4 is 0 Å². The molecule has 60 valence electrons. The third-order valence-electron chi connectivity index (χ3n) is 1.37. The molecule has 0 aliphatic heterocycles. The highest BCUT2D eigenvalue weighted by molar-refractivity contribution is 6.34. The number of nitrogens with zero attached hydrogens (tertiary/aromatic N) is 2. The molecule has 0 unspecified atom stereocenters. The molecule has 0 aromatic carbocycles. The third-order valence-corrected chi connectivity index (χ3v) is 1.76. The molecule has 1 heterocycles. The maximum absolute atomic E-state index is 10.9. The van der Waals surface area contributed by atoms with Crippen molar-refractivity contribution in [1.29, 1.82) is 5.26 Å². The molecule has 12 heavy (non-hydrogen) atoms. The number of ketones is 1. The van der Waals surface area contributed by atoms with Gasteiger partial charge in [-0.15, -0.1) is 0 Å². The van der Waals surface area contributed by atoms with Crippen LogP contribution in [0.1, 0.15) is 23.0 Å². The van der Waals surface area contributed by atoms with E-state index in [1.54, 1.807) is 6.07 Å². The summed E-state index contributed by atoms with van der Waals surface area (Å²) >= 11 is 5.70. The second-order valence-corrected chi connectivity index (χ2v) is 2.57. The number of hydrogen-bond donors (Lipinski definition) is 0. The lowest BCUT2D eigenvalue weighted by Gasteiger charge is -1.98. The largest absolute Gasteiger partial charge is 0.294 e. The van der Waals surface area contributed by atoms with E-state index < -0.39 is 0 Å². The Kier molecular flexibility index (Phi) is 2.41. The smallest absolute Gasteiger partial charge is 0.161 e. The van der Waals surface area contributed by atoms with Crippen molar-refractivity contribution in [3.63, 3.8) is 0 Å². The number of hydrogen-bond acceptors (Lipinski definition) is 3. The summed E-state index contributed by atoms with van der Waals surface area (Å²) in [6.07, 6.45) is 1.39. The van der Waals surface area contributed by atoms with Crippen LogP contribution >= 0.6 is 11.6 Å². The van der Waals surface area contributed by atoms with Crippen molar-refractivity contribution in [3.8, 4) is 6.07 Å². The second kappa shape index (κ2) is 3.33. The van der Waals surface area contributed by atoms with Crippen LogP contribution in [0.25, 0.3) is 0 Å². The summed E-state index contributed by atoms with van der Waals surface area (Å²) in [5.74, 6) is -0.168. The minimum Gasteiger partial charge on any atom is -0.294 e. The zero-order chi connectivity index (χ0) is 9.14. The van der Waals surface area contributed by atoms with E-state index in [4.69, 9.17) is 16.9 Å². The quantitative estimate of drug-likeness (QED) is 0.620. The van der Waals surface area contributed by atoms with Gasteiger partial charge in [-0.3, -0.25) is 4.79 Å². The molecule has 3 nitrogen and oxygen atoms in total. The van der Waals surface area contributed by atoms with E-state index in [1.165, 1.54) is 19.2 Å². The highest BCUT2D eigenvalue weighted by atomic mass is 35.5. The van der Waals surface area contributed by atoms with Gasteiger partial charge in [0, 0.05) is 11.8 Å². The molecule has 0 N–H and O–H groups in total. The van der Waals surface area contributed by atoms with E-state index in [2.05, 4.69) is 4.98 Å². The normalized spacial score (nSPS) is 9.08. The van der Waals surface area contributed by atoms with Crippen LogP contribution in [-0.4, -0.2) is 10.8 Å². The Morgan fingerprint density at radius 3 is 2.92 bits per heavy atom.